The summed E-state index contributed by atoms with van der Waals surface area (Å²) in [5.74, 6) is 0.0396. The smallest absolute Gasteiger partial charge is 0.262 e. The Morgan fingerprint density at radius 2 is 2.12 bits per heavy atom. The average Bonchev–Trinajstić information content (AvgIpc) is 2.14. The fourth-order valence-electron chi connectivity index (χ4n) is 1.48. The fraction of sp³-hybridized carbons (Fsp3) is 0.222. The maximum atomic E-state index is 11.2. The van der Waals surface area contributed by atoms with Gasteiger partial charge in [0.05, 0.1) is 10.6 Å². The topological polar surface area (TPSA) is 72.5 Å². The highest BCUT2D eigenvalue weighted by atomic mass is 35.7. The highest BCUT2D eigenvalue weighted by Gasteiger charge is 2.21. The van der Waals surface area contributed by atoms with Gasteiger partial charge in [-0.15, -0.1) is 0 Å². The number of halogens is 1. The summed E-state index contributed by atoms with van der Waals surface area (Å²) in [6.45, 7) is 1.47. The molecule has 0 aliphatic carbocycles. The van der Waals surface area contributed by atoms with Crippen LogP contribution in [0.15, 0.2) is 17.0 Å². The molecular formula is C9H8ClNO4S. The maximum absolute atomic E-state index is 11.2. The molecule has 5 nitrogen and oxygen atoms in total. The van der Waals surface area contributed by atoms with Crippen LogP contribution in [0.25, 0.3) is 0 Å². The third-order valence-corrected chi connectivity index (χ3v) is 3.64. The van der Waals surface area contributed by atoms with Gasteiger partial charge in [0.2, 0.25) is 0 Å². The molecule has 0 spiro atoms. The summed E-state index contributed by atoms with van der Waals surface area (Å²) in [6.07, 6.45) is 0. The van der Waals surface area contributed by atoms with E-state index >= 15 is 0 Å². The molecule has 86 valence electrons. The second-order valence-electron chi connectivity index (χ2n) is 3.39. The summed E-state index contributed by atoms with van der Waals surface area (Å²) in [5, 5.41) is 2.58. The average molecular weight is 262 g/mol. The van der Waals surface area contributed by atoms with Gasteiger partial charge in [0.25, 0.3) is 15.0 Å². The lowest BCUT2D eigenvalue weighted by molar-refractivity contribution is -0.118. The molecule has 0 saturated heterocycles. The lowest BCUT2D eigenvalue weighted by Crippen LogP contribution is -2.25. The van der Waals surface area contributed by atoms with Crippen LogP contribution in [0.1, 0.15) is 5.56 Å². The number of aryl methyl sites for hydroxylation is 1. The van der Waals surface area contributed by atoms with E-state index < -0.39 is 9.05 Å². The van der Waals surface area contributed by atoms with Crippen molar-refractivity contribution in [1.29, 1.82) is 0 Å². The first kappa shape index (κ1) is 11.2. The zero-order chi connectivity index (χ0) is 11.9. The zero-order valence-corrected chi connectivity index (χ0v) is 9.85. The molecule has 1 heterocycles. The molecule has 0 unspecified atom stereocenters. The Morgan fingerprint density at radius 1 is 1.44 bits per heavy atom. The number of hydrogen-bond donors (Lipinski definition) is 1. The number of anilines is 1. The highest BCUT2D eigenvalue weighted by Crippen LogP contribution is 2.33. The second-order valence-corrected chi connectivity index (χ2v) is 5.92. The number of carbonyl (C=O) groups excluding carboxylic acids is 1. The van der Waals surface area contributed by atoms with Crippen molar-refractivity contribution in [2.24, 2.45) is 0 Å². The third-order valence-electron chi connectivity index (χ3n) is 2.17. The van der Waals surface area contributed by atoms with E-state index in [-0.39, 0.29) is 17.4 Å². The van der Waals surface area contributed by atoms with E-state index in [0.29, 0.717) is 17.0 Å². The molecule has 0 fully saturated rings. The van der Waals surface area contributed by atoms with Crippen LogP contribution in [-0.2, 0) is 13.8 Å². The van der Waals surface area contributed by atoms with Crippen molar-refractivity contribution in [2.75, 3.05) is 11.9 Å². The van der Waals surface area contributed by atoms with Crippen LogP contribution in [0.5, 0.6) is 5.75 Å². The van der Waals surface area contributed by atoms with Crippen LogP contribution < -0.4 is 10.1 Å². The van der Waals surface area contributed by atoms with Gasteiger partial charge in [0.1, 0.15) is 5.75 Å². The highest BCUT2D eigenvalue weighted by molar-refractivity contribution is 8.13. The first-order valence-corrected chi connectivity index (χ1v) is 6.71. The van der Waals surface area contributed by atoms with E-state index in [4.69, 9.17) is 15.4 Å². The minimum Gasteiger partial charge on any atom is -0.482 e. The van der Waals surface area contributed by atoms with Crippen LogP contribution in [0.2, 0.25) is 0 Å². The lowest BCUT2D eigenvalue weighted by Gasteiger charge is -2.19. The standard InChI is InChI=1S/C9H8ClNO4S/c1-5-2-6-7(15-4-9(12)11-6)3-8(5)16(10,13)14/h2-3H,4H2,1H3,(H,11,12). The summed E-state index contributed by atoms with van der Waals surface area (Å²) >= 11 is 0. The zero-order valence-electron chi connectivity index (χ0n) is 8.28. The molecule has 1 aliphatic rings. The van der Waals surface area contributed by atoms with Crippen molar-refractivity contribution in [3.8, 4) is 5.75 Å². The fourth-order valence-corrected chi connectivity index (χ4v) is 2.67. The van der Waals surface area contributed by atoms with Gasteiger partial charge in [-0.3, -0.25) is 4.79 Å². The lowest BCUT2D eigenvalue weighted by atomic mass is 10.2. The molecule has 1 aromatic rings. The normalized spacial score (nSPS) is 15.0. The number of benzene rings is 1. The van der Waals surface area contributed by atoms with E-state index in [2.05, 4.69) is 5.32 Å². The number of amides is 1. The van der Waals surface area contributed by atoms with Gasteiger partial charge in [0.15, 0.2) is 6.61 Å². The van der Waals surface area contributed by atoms with E-state index in [1.165, 1.54) is 12.1 Å². The maximum Gasteiger partial charge on any atom is 0.262 e. The first-order valence-electron chi connectivity index (χ1n) is 4.40. The van der Waals surface area contributed by atoms with Crippen LogP contribution >= 0.6 is 10.7 Å². The quantitative estimate of drug-likeness (QED) is 0.773. The van der Waals surface area contributed by atoms with Crippen LogP contribution in [0.4, 0.5) is 5.69 Å². The summed E-state index contributed by atoms with van der Waals surface area (Å²) in [6, 6.07) is 2.83. The molecule has 1 amide bonds. The Morgan fingerprint density at radius 3 is 2.75 bits per heavy atom. The molecule has 1 aromatic carbocycles. The van der Waals surface area contributed by atoms with Crippen molar-refractivity contribution in [3.05, 3.63) is 17.7 Å². The molecule has 0 radical (unpaired) electrons. The Balaban J connectivity index is 2.59. The summed E-state index contributed by atoms with van der Waals surface area (Å²) in [4.78, 5) is 11.0. The van der Waals surface area contributed by atoms with E-state index in [1.54, 1.807) is 6.92 Å². The molecule has 0 aromatic heterocycles. The second kappa shape index (κ2) is 3.64. The van der Waals surface area contributed by atoms with Gasteiger partial charge in [-0.05, 0) is 18.6 Å². The van der Waals surface area contributed by atoms with Crippen LogP contribution in [0.3, 0.4) is 0 Å². The van der Waals surface area contributed by atoms with E-state index in [0.717, 1.165) is 0 Å². The summed E-state index contributed by atoms with van der Waals surface area (Å²) in [5.41, 5.74) is 0.914. The predicted molar refractivity (Wildman–Crippen MR) is 58.3 cm³/mol. The largest absolute Gasteiger partial charge is 0.482 e. The van der Waals surface area contributed by atoms with E-state index in [1.807, 2.05) is 0 Å². The Bertz CT molecular complexity index is 567. The number of ether oxygens (including phenoxy) is 1. The molecule has 0 atom stereocenters. The molecule has 7 heteroatoms. The van der Waals surface area contributed by atoms with Gasteiger partial charge < -0.3 is 10.1 Å². The Hall–Kier alpha value is -1.27. The van der Waals surface area contributed by atoms with Crippen molar-refractivity contribution in [1.82, 2.24) is 0 Å². The number of nitrogens with one attached hydrogen (secondary N) is 1. The molecule has 1 N–H and O–H groups in total. The monoisotopic (exact) mass is 261 g/mol. The Kier molecular flexibility index (Phi) is 2.55. The minimum atomic E-state index is -3.80. The number of carbonyl (C=O) groups is 1. The van der Waals surface area contributed by atoms with Crippen molar-refractivity contribution in [3.63, 3.8) is 0 Å². The van der Waals surface area contributed by atoms with Crippen molar-refractivity contribution >= 4 is 31.3 Å². The van der Waals surface area contributed by atoms with Crippen molar-refractivity contribution < 1.29 is 17.9 Å². The minimum absolute atomic E-state index is 0.0101. The summed E-state index contributed by atoms with van der Waals surface area (Å²) < 4.78 is 27.5. The molecule has 2 rings (SSSR count). The number of hydrogen-bond acceptors (Lipinski definition) is 4. The van der Waals surface area contributed by atoms with Gasteiger partial charge in [-0.25, -0.2) is 8.42 Å². The van der Waals surface area contributed by atoms with Gasteiger partial charge in [-0.2, -0.15) is 0 Å². The number of rotatable bonds is 1. The molecular weight excluding hydrogens is 254 g/mol. The van der Waals surface area contributed by atoms with Gasteiger partial charge >= 0.3 is 0 Å². The third kappa shape index (κ3) is 1.98. The Labute approximate surface area is 96.8 Å². The summed E-state index contributed by atoms with van der Waals surface area (Å²) in [7, 11) is 1.46. The predicted octanol–water partition coefficient (Wildman–Crippen LogP) is 1.25. The van der Waals surface area contributed by atoms with E-state index in [9.17, 15) is 13.2 Å². The van der Waals surface area contributed by atoms with Crippen LogP contribution in [0, 0.1) is 6.92 Å². The van der Waals surface area contributed by atoms with Gasteiger partial charge in [-0.1, -0.05) is 0 Å². The van der Waals surface area contributed by atoms with Crippen LogP contribution in [-0.4, -0.2) is 20.9 Å². The molecule has 0 saturated carbocycles. The molecule has 16 heavy (non-hydrogen) atoms. The first-order chi connectivity index (χ1) is 7.38. The molecule has 0 bridgehead atoms. The molecule has 1 aliphatic heterocycles. The SMILES string of the molecule is Cc1cc2c(cc1S(=O)(=O)Cl)OCC(=O)N2. The van der Waals surface area contributed by atoms with Gasteiger partial charge in [0, 0.05) is 16.7 Å². The number of fused-ring (bicyclic) bond motifs is 1. The van der Waals surface area contributed by atoms with Crippen molar-refractivity contribution in [2.45, 2.75) is 11.8 Å².